The molecule has 1 aliphatic carbocycles. The molecule has 156 valence electrons. The van der Waals surface area contributed by atoms with E-state index in [1.165, 1.54) is 0 Å². The van der Waals surface area contributed by atoms with Gasteiger partial charge in [-0.15, -0.1) is 0 Å². The molecule has 0 atom stereocenters. The molecule has 4 rings (SSSR count). The van der Waals surface area contributed by atoms with Gasteiger partial charge in [-0.3, -0.25) is 0 Å². The summed E-state index contributed by atoms with van der Waals surface area (Å²) < 4.78 is 5.38. The zero-order chi connectivity index (χ0) is 21.5. The van der Waals surface area contributed by atoms with Crippen LogP contribution in [-0.2, 0) is 4.74 Å². The fraction of sp³-hybridized carbons (Fsp3) is 0.240. The summed E-state index contributed by atoms with van der Waals surface area (Å²) in [6.45, 7) is 1.31. The summed E-state index contributed by atoms with van der Waals surface area (Å²) in [4.78, 5) is 7.88. The molecule has 1 aromatic heterocycles. The van der Waals surface area contributed by atoms with Crippen molar-refractivity contribution in [3.63, 3.8) is 0 Å². The van der Waals surface area contributed by atoms with E-state index in [0.717, 1.165) is 59.7 Å². The van der Waals surface area contributed by atoms with E-state index in [1.54, 1.807) is 18.2 Å². The Morgan fingerprint density at radius 2 is 1.65 bits per heavy atom. The molecule has 0 aliphatic heterocycles. The van der Waals surface area contributed by atoms with E-state index in [0.29, 0.717) is 17.9 Å². The number of aliphatic hydroxyl groups is 1. The number of fused-ring (bicyclic) bond motifs is 2. The molecule has 6 heteroatoms. The highest BCUT2D eigenvalue weighted by Gasteiger charge is 2.24. The van der Waals surface area contributed by atoms with Crippen LogP contribution in [0.25, 0.3) is 26.8 Å². The molecule has 0 saturated carbocycles. The molecule has 2 N–H and O–H groups in total. The fourth-order valence-electron chi connectivity index (χ4n) is 3.75. The number of nitrogens with zero attached hydrogens (tertiary/aromatic N) is 3. The monoisotopic (exact) mass is 413 g/mol. The maximum absolute atomic E-state index is 9.97. The average Bonchev–Trinajstić information content (AvgIpc) is 3.29. The second-order valence-electron chi connectivity index (χ2n) is 7.44. The van der Waals surface area contributed by atoms with Crippen LogP contribution in [0.3, 0.4) is 0 Å². The van der Waals surface area contributed by atoms with Gasteiger partial charge in [0.05, 0.1) is 23.3 Å². The molecule has 0 radical (unpaired) electrons. The Bertz CT molecular complexity index is 1170. The molecular weight excluding hydrogens is 388 g/mol. The van der Waals surface area contributed by atoms with Gasteiger partial charge in [0, 0.05) is 23.4 Å². The van der Waals surface area contributed by atoms with E-state index < -0.39 is 0 Å². The normalized spacial score (nSPS) is 14.5. The largest absolute Gasteiger partial charge is 0.480 e. The van der Waals surface area contributed by atoms with Gasteiger partial charge in [-0.05, 0) is 37.5 Å². The number of allylic oxidation sites excluding steroid dienone is 3. The summed E-state index contributed by atoms with van der Waals surface area (Å²) in [5, 5.41) is 24.8. The lowest BCUT2D eigenvalue weighted by atomic mass is 10.1. The van der Waals surface area contributed by atoms with Crippen LogP contribution in [0.2, 0.25) is 0 Å². The standard InChI is InChI=1S/C25H24N4O2/c26-29-23-15-9-12-20(23)25(30)31-17-8-2-1-7-16-27-24-18-10-3-5-13-21(18)28-22-14-6-4-11-19(22)24/h3-6,9-15H,1-2,7-8,16-17H2,(H-,27,28,30)/p+1/b25-20+. The number of aromatic nitrogens is 1. The molecule has 0 saturated heterocycles. The van der Waals surface area contributed by atoms with Crippen LogP contribution < -0.4 is 5.32 Å². The number of pyridine rings is 1. The molecule has 1 aliphatic rings. The molecule has 0 spiro atoms. The first-order chi connectivity index (χ1) is 15.3. The van der Waals surface area contributed by atoms with Crippen molar-refractivity contribution >= 4 is 27.5 Å². The molecule has 31 heavy (non-hydrogen) atoms. The van der Waals surface area contributed by atoms with Gasteiger partial charge in [0.15, 0.2) is 10.5 Å². The molecule has 6 nitrogen and oxygen atoms in total. The van der Waals surface area contributed by atoms with E-state index >= 15 is 0 Å². The zero-order valence-electron chi connectivity index (χ0n) is 17.3. The fourth-order valence-corrected chi connectivity index (χ4v) is 3.75. The van der Waals surface area contributed by atoms with Crippen molar-refractivity contribution in [3.8, 4) is 0 Å². The summed E-state index contributed by atoms with van der Waals surface area (Å²) >= 11 is 0. The SMILES string of the molecule is N#[N+]C1=CC=C/C1=C(/O)OCCCCCCNc1c2ccccc2nc2ccccc12. The summed E-state index contributed by atoms with van der Waals surface area (Å²) in [5.41, 5.74) is 3.85. The number of anilines is 1. The first-order valence-electron chi connectivity index (χ1n) is 10.6. The molecule has 1 heterocycles. The number of benzene rings is 2. The first-order valence-corrected chi connectivity index (χ1v) is 10.6. The smallest absolute Gasteiger partial charge is 0.399 e. The van der Waals surface area contributed by atoms with Crippen molar-refractivity contribution in [2.75, 3.05) is 18.5 Å². The van der Waals surface area contributed by atoms with Crippen LogP contribution in [-0.4, -0.2) is 23.2 Å². The quantitative estimate of drug-likeness (QED) is 0.182. The predicted molar refractivity (Wildman–Crippen MR) is 124 cm³/mol. The minimum atomic E-state index is -0.198. The van der Waals surface area contributed by atoms with Gasteiger partial charge in [-0.2, -0.15) is 0 Å². The molecule has 2 aromatic carbocycles. The third-order valence-corrected chi connectivity index (χ3v) is 5.33. The molecule has 0 amide bonds. The van der Waals surface area contributed by atoms with Gasteiger partial charge in [-0.1, -0.05) is 48.9 Å². The lowest BCUT2D eigenvalue weighted by Gasteiger charge is -2.13. The van der Waals surface area contributed by atoms with E-state index in [1.807, 2.05) is 36.4 Å². The summed E-state index contributed by atoms with van der Waals surface area (Å²) in [5.74, 6) is -0.198. The van der Waals surface area contributed by atoms with Crippen molar-refractivity contribution in [2.24, 2.45) is 0 Å². The second kappa shape index (κ2) is 9.77. The van der Waals surface area contributed by atoms with Crippen LogP contribution in [0, 0.1) is 5.39 Å². The highest BCUT2D eigenvalue weighted by Crippen LogP contribution is 2.30. The summed E-state index contributed by atoms with van der Waals surface area (Å²) in [6, 6.07) is 16.4. The lowest BCUT2D eigenvalue weighted by Crippen LogP contribution is -2.04. The third kappa shape index (κ3) is 4.67. The number of hydrogen-bond donors (Lipinski definition) is 2. The van der Waals surface area contributed by atoms with Crippen LogP contribution in [0.1, 0.15) is 25.7 Å². The third-order valence-electron chi connectivity index (χ3n) is 5.33. The Hall–Kier alpha value is -3.85. The molecule has 0 fully saturated rings. The van der Waals surface area contributed by atoms with Gasteiger partial charge in [0.1, 0.15) is 0 Å². The van der Waals surface area contributed by atoms with Gasteiger partial charge >= 0.3 is 5.70 Å². The van der Waals surface area contributed by atoms with Crippen molar-refractivity contribution < 1.29 is 9.84 Å². The molecular formula is C25H25N4O2+. The van der Waals surface area contributed by atoms with E-state index in [-0.39, 0.29) is 5.95 Å². The van der Waals surface area contributed by atoms with Crippen molar-refractivity contribution in [3.05, 3.63) is 89.0 Å². The number of diazo groups is 1. The van der Waals surface area contributed by atoms with E-state index in [2.05, 4.69) is 22.4 Å². The highest BCUT2D eigenvalue weighted by molar-refractivity contribution is 6.07. The molecule has 0 unspecified atom stereocenters. The van der Waals surface area contributed by atoms with E-state index in [4.69, 9.17) is 15.1 Å². The zero-order valence-corrected chi connectivity index (χ0v) is 17.3. The predicted octanol–water partition coefficient (Wildman–Crippen LogP) is 6.45. The minimum absolute atomic E-state index is 0.198. The van der Waals surface area contributed by atoms with Crippen LogP contribution in [0.15, 0.2) is 84.0 Å². The van der Waals surface area contributed by atoms with E-state index in [9.17, 15) is 5.11 Å². The van der Waals surface area contributed by atoms with Crippen LogP contribution >= 0.6 is 0 Å². The van der Waals surface area contributed by atoms with Gasteiger partial charge < -0.3 is 15.2 Å². The lowest BCUT2D eigenvalue weighted by molar-refractivity contribution is 0.0883. The highest BCUT2D eigenvalue weighted by atomic mass is 16.6. The number of hydrogen-bond acceptors (Lipinski definition) is 5. The van der Waals surface area contributed by atoms with Crippen molar-refractivity contribution in [2.45, 2.75) is 25.7 Å². The van der Waals surface area contributed by atoms with Gasteiger partial charge in [0.25, 0.3) is 5.95 Å². The van der Waals surface area contributed by atoms with Crippen LogP contribution in [0.5, 0.6) is 0 Å². The average molecular weight is 414 g/mol. The maximum atomic E-state index is 9.97. The Kier molecular flexibility index (Phi) is 6.44. The maximum Gasteiger partial charge on any atom is 0.399 e. The Balaban J connectivity index is 1.25. The number of aliphatic hydroxyl groups excluding tert-OH is 1. The second-order valence-corrected chi connectivity index (χ2v) is 7.44. The topological polar surface area (TPSA) is 82.5 Å². The number of nitrogens with one attached hydrogen (secondary N) is 1. The van der Waals surface area contributed by atoms with Crippen molar-refractivity contribution in [1.29, 1.82) is 5.39 Å². The summed E-state index contributed by atoms with van der Waals surface area (Å²) in [6.07, 6.45) is 8.91. The van der Waals surface area contributed by atoms with Crippen LogP contribution in [0.4, 0.5) is 5.69 Å². The summed E-state index contributed by atoms with van der Waals surface area (Å²) in [7, 11) is 0. The van der Waals surface area contributed by atoms with Gasteiger partial charge in [-0.25, -0.2) is 4.98 Å². The van der Waals surface area contributed by atoms with Crippen molar-refractivity contribution in [1.82, 2.24) is 4.98 Å². The number of rotatable bonds is 9. The van der Waals surface area contributed by atoms with Gasteiger partial charge in [0.2, 0.25) is 5.39 Å². The number of para-hydroxylation sites is 2. The minimum Gasteiger partial charge on any atom is -0.480 e. The molecule has 3 aromatic rings. The Labute approximate surface area is 181 Å². The first kappa shape index (κ1) is 20.4. The number of ether oxygens (including phenoxy) is 1. The Morgan fingerprint density at radius 3 is 2.35 bits per heavy atom. The molecule has 0 bridgehead atoms. The number of unbranched alkanes of at least 4 members (excludes halogenated alkanes) is 3. The Morgan fingerprint density at radius 1 is 0.968 bits per heavy atom.